The summed E-state index contributed by atoms with van der Waals surface area (Å²) in [5.74, 6) is -1.47. The van der Waals surface area contributed by atoms with Crippen molar-refractivity contribution in [3.8, 4) is 0 Å². The summed E-state index contributed by atoms with van der Waals surface area (Å²) in [7, 11) is -3.98. The zero-order valence-corrected chi connectivity index (χ0v) is 18.1. The Morgan fingerprint density at radius 1 is 1.25 bits per heavy atom. The van der Waals surface area contributed by atoms with Gasteiger partial charge in [-0.15, -0.1) is 0 Å². The van der Waals surface area contributed by atoms with E-state index in [-0.39, 0.29) is 28.8 Å². The molecule has 8 nitrogen and oxygen atoms in total. The van der Waals surface area contributed by atoms with Crippen molar-refractivity contribution < 1.29 is 22.8 Å². The second-order valence-corrected chi connectivity index (χ2v) is 9.49. The summed E-state index contributed by atoms with van der Waals surface area (Å²) >= 11 is 6.55. The topological polar surface area (TPSA) is 104 Å². The van der Waals surface area contributed by atoms with Crippen LogP contribution in [-0.4, -0.2) is 53.7 Å². The summed E-state index contributed by atoms with van der Waals surface area (Å²) in [4.78, 5) is 38.9. The van der Waals surface area contributed by atoms with E-state index < -0.39 is 21.2 Å². The van der Waals surface area contributed by atoms with Gasteiger partial charge in [-0.05, 0) is 38.1 Å². The van der Waals surface area contributed by atoms with E-state index in [9.17, 15) is 22.8 Å². The minimum Gasteiger partial charge on any atom is -0.358 e. The van der Waals surface area contributed by atoms with Crippen LogP contribution in [0.4, 0.5) is 5.69 Å². The number of thioether (sulfide) groups is 1. The summed E-state index contributed by atoms with van der Waals surface area (Å²) in [6.45, 7) is 6.44. The average molecular weight is 444 g/mol. The Morgan fingerprint density at radius 3 is 2.32 bits per heavy atom. The molecule has 3 amide bonds. The molecule has 1 aromatic carbocycles. The standard InChI is InChI=1S/C17H21N3O5S3/c1-4-19(5-2)17(26)27-14-10-15(22)20(16(14)23)12-6-8-13(9-7-12)28(24,25)18-11(3)21/h6-9,14H,4-5,10H2,1-3H3,(H,18,21)/t14-/m1/s1. The van der Waals surface area contributed by atoms with Crippen LogP contribution in [-0.2, 0) is 24.4 Å². The van der Waals surface area contributed by atoms with E-state index in [1.807, 2.05) is 23.5 Å². The lowest BCUT2D eigenvalue weighted by atomic mass is 10.3. The average Bonchev–Trinajstić information content (AvgIpc) is 2.88. The Balaban J connectivity index is 2.17. The number of nitrogens with zero attached hydrogens (tertiary/aromatic N) is 2. The third-order valence-corrected chi connectivity index (χ3v) is 7.16. The van der Waals surface area contributed by atoms with Gasteiger partial charge in [0, 0.05) is 26.4 Å². The lowest BCUT2D eigenvalue weighted by Crippen LogP contribution is -2.33. The third kappa shape index (κ3) is 4.89. The number of hydrogen-bond donors (Lipinski definition) is 1. The molecule has 1 heterocycles. The lowest BCUT2D eigenvalue weighted by molar-refractivity contribution is -0.121. The first-order valence-electron chi connectivity index (χ1n) is 8.56. The number of anilines is 1. The molecule has 1 aliphatic heterocycles. The summed E-state index contributed by atoms with van der Waals surface area (Å²) in [6.07, 6.45) is 0.0247. The Labute approximate surface area is 173 Å². The number of benzene rings is 1. The van der Waals surface area contributed by atoms with Crippen LogP contribution in [0.25, 0.3) is 0 Å². The van der Waals surface area contributed by atoms with Gasteiger partial charge >= 0.3 is 0 Å². The number of rotatable bonds is 6. The quantitative estimate of drug-likeness (QED) is 0.521. The van der Waals surface area contributed by atoms with Gasteiger partial charge in [0.25, 0.3) is 10.0 Å². The molecule has 0 radical (unpaired) electrons. The van der Waals surface area contributed by atoms with Crippen molar-refractivity contribution in [2.24, 2.45) is 0 Å². The maximum atomic E-state index is 12.7. The van der Waals surface area contributed by atoms with Gasteiger partial charge in [-0.3, -0.25) is 14.4 Å². The molecule has 1 saturated heterocycles. The van der Waals surface area contributed by atoms with Crippen molar-refractivity contribution in [2.45, 2.75) is 37.3 Å². The Hall–Kier alpha value is -1.98. The molecule has 0 unspecified atom stereocenters. The van der Waals surface area contributed by atoms with Gasteiger partial charge in [0.1, 0.15) is 9.57 Å². The van der Waals surface area contributed by atoms with E-state index in [1.165, 1.54) is 36.0 Å². The molecule has 2 rings (SSSR count). The zero-order valence-electron chi connectivity index (χ0n) is 15.7. The maximum Gasteiger partial charge on any atom is 0.264 e. The number of amides is 3. The fraction of sp³-hybridized carbons (Fsp3) is 0.412. The van der Waals surface area contributed by atoms with Crippen molar-refractivity contribution in [1.29, 1.82) is 0 Å². The first-order chi connectivity index (χ1) is 13.1. The highest BCUT2D eigenvalue weighted by Crippen LogP contribution is 2.31. The predicted molar refractivity (Wildman–Crippen MR) is 111 cm³/mol. The molecule has 0 bridgehead atoms. The summed E-state index contributed by atoms with van der Waals surface area (Å²) in [6, 6.07) is 5.20. The van der Waals surface area contributed by atoms with Crippen LogP contribution in [0.1, 0.15) is 27.2 Å². The SMILES string of the molecule is CCN(CC)C(=S)S[C@@H]1CC(=O)N(c2ccc(S(=O)(=O)NC(C)=O)cc2)C1=O. The third-order valence-electron chi connectivity index (χ3n) is 4.05. The first kappa shape index (κ1) is 22.3. The predicted octanol–water partition coefficient (Wildman–Crippen LogP) is 1.50. The molecule has 0 saturated carbocycles. The summed E-state index contributed by atoms with van der Waals surface area (Å²) in [5.41, 5.74) is 0.272. The second kappa shape index (κ2) is 9.01. The molecule has 1 atom stereocenters. The zero-order chi connectivity index (χ0) is 21.1. The molecular formula is C17H21N3O5S3. The van der Waals surface area contributed by atoms with Gasteiger partial charge < -0.3 is 4.90 Å². The Bertz CT molecular complexity index is 895. The summed E-state index contributed by atoms with van der Waals surface area (Å²) in [5, 5.41) is -0.608. The number of carbonyl (C=O) groups excluding carboxylic acids is 3. The highest BCUT2D eigenvalue weighted by Gasteiger charge is 2.41. The number of hydrogen-bond acceptors (Lipinski definition) is 7. The van der Waals surface area contributed by atoms with Crippen LogP contribution in [0, 0.1) is 0 Å². The van der Waals surface area contributed by atoms with Crippen LogP contribution in [0.3, 0.4) is 0 Å². The Kier molecular flexibility index (Phi) is 7.18. The lowest BCUT2D eigenvalue weighted by Gasteiger charge is -2.22. The molecule has 0 spiro atoms. The van der Waals surface area contributed by atoms with Crippen molar-refractivity contribution in [3.63, 3.8) is 0 Å². The number of sulfonamides is 1. The van der Waals surface area contributed by atoms with Gasteiger partial charge in [-0.2, -0.15) is 0 Å². The molecule has 0 aromatic heterocycles. The molecule has 11 heteroatoms. The fourth-order valence-corrected chi connectivity index (χ4v) is 5.35. The van der Waals surface area contributed by atoms with Crippen LogP contribution >= 0.6 is 24.0 Å². The van der Waals surface area contributed by atoms with E-state index in [1.54, 1.807) is 0 Å². The van der Waals surface area contributed by atoms with Gasteiger partial charge in [0.2, 0.25) is 17.7 Å². The van der Waals surface area contributed by atoms with Gasteiger partial charge in [0.15, 0.2) is 0 Å². The van der Waals surface area contributed by atoms with Gasteiger partial charge in [0.05, 0.1) is 10.6 Å². The normalized spacial score (nSPS) is 17.0. The first-order valence-corrected chi connectivity index (χ1v) is 11.3. The van der Waals surface area contributed by atoms with E-state index in [4.69, 9.17) is 12.2 Å². The largest absolute Gasteiger partial charge is 0.358 e. The minimum absolute atomic E-state index is 0.0247. The number of imide groups is 1. The summed E-state index contributed by atoms with van der Waals surface area (Å²) < 4.78 is 26.4. The van der Waals surface area contributed by atoms with E-state index in [0.29, 0.717) is 17.4 Å². The molecular weight excluding hydrogens is 422 g/mol. The van der Waals surface area contributed by atoms with Crippen LogP contribution in [0.15, 0.2) is 29.2 Å². The highest BCUT2D eigenvalue weighted by molar-refractivity contribution is 8.23. The molecule has 1 fully saturated rings. The number of nitrogens with one attached hydrogen (secondary N) is 1. The van der Waals surface area contributed by atoms with Gasteiger partial charge in [-0.1, -0.05) is 24.0 Å². The molecule has 28 heavy (non-hydrogen) atoms. The van der Waals surface area contributed by atoms with Crippen molar-refractivity contribution in [2.75, 3.05) is 18.0 Å². The van der Waals surface area contributed by atoms with Crippen molar-refractivity contribution >= 4 is 61.7 Å². The van der Waals surface area contributed by atoms with E-state index in [2.05, 4.69) is 0 Å². The Morgan fingerprint density at radius 2 is 1.82 bits per heavy atom. The smallest absolute Gasteiger partial charge is 0.264 e. The van der Waals surface area contributed by atoms with Gasteiger partial charge in [-0.25, -0.2) is 18.0 Å². The number of carbonyl (C=O) groups is 3. The van der Waals surface area contributed by atoms with E-state index in [0.717, 1.165) is 11.8 Å². The van der Waals surface area contributed by atoms with Crippen LogP contribution in [0.5, 0.6) is 0 Å². The minimum atomic E-state index is -3.98. The molecule has 152 valence electrons. The number of thiocarbonyl (C=S) groups is 1. The van der Waals surface area contributed by atoms with Crippen molar-refractivity contribution in [1.82, 2.24) is 9.62 Å². The van der Waals surface area contributed by atoms with Crippen LogP contribution in [0.2, 0.25) is 0 Å². The monoisotopic (exact) mass is 443 g/mol. The highest BCUT2D eigenvalue weighted by atomic mass is 32.2. The maximum absolute atomic E-state index is 12.7. The molecule has 1 N–H and O–H groups in total. The molecule has 1 aliphatic rings. The fourth-order valence-electron chi connectivity index (χ4n) is 2.67. The molecule has 0 aliphatic carbocycles. The van der Waals surface area contributed by atoms with E-state index >= 15 is 0 Å². The van der Waals surface area contributed by atoms with Crippen LogP contribution < -0.4 is 9.62 Å². The second-order valence-electron chi connectivity index (χ2n) is 5.97. The molecule has 1 aromatic rings. The van der Waals surface area contributed by atoms with Crippen molar-refractivity contribution in [3.05, 3.63) is 24.3 Å².